The Morgan fingerprint density at radius 1 is 1.25 bits per heavy atom. The molecule has 0 heterocycles. The van der Waals surface area contributed by atoms with E-state index in [4.69, 9.17) is 14.6 Å². The molecule has 0 rings (SSSR count). The molecular formula is C8H19NO2Si. The third-order valence-electron chi connectivity index (χ3n) is 2.37. The fourth-order valence-corrected chi connectivity index (χ4v) is 3.55. The molecule has 0 fully saturated rings. The Hall–Kier alpha value is -0.443. The molecule has 0 atom stereocenters. The topological polar surface area (TPSA) is 50.1 Å². The van der Waals surface area contributed by atoms with E-state index in [1.807, 2.05) is 7.11 Å². The number of rotatable bonds is 4. The van der Waals surface area contributed by atoms with E-state index >= 15 is 0 Å². The van der Waals surface area contributed by atoms with Gasteiger partial charge in [-0.25, -0.2) is 10.2 Å². The van der Waals surface area contributed by atoms with Crippen LogP contribution in [0.1, 0.15) is 20.8 Å². The molecule has 12 heavy (non-hydrogen) atoms. The molecular weight excluding hydrogens is 170 g/mol. The van der Waals surface area contributed by atoms with Crippen molar-refractivity contribution in [2.45, 2.75) is 38.9 Å². The van der Waals surface area contributed by atoms with Crippen LogP contribution in [0.25, 0.3) is 0 Å². The Bertz CT molecular complexity index is 112. The van der Waals surface area contributed by atoms with E-state index in [1.54, 1.807) is 0 Å². The maximum atomic E-state index is 8.35. The van der Waals surface area contributed by atoms with Gasteiger partial charge in [0, 0.05) is 7.11 Å². The highest BCUT2D eigenvalue weighted by Gasteiger charge is 2.26. The fraction of sp³-hybridized carbons (Fsp3) is 0.875. The summed E-state index contributed by atoms with van der Waals surface area (Å²) in [6, 6.07) is 3.78. The van der Waals surface area contributed by atoms with Gasteiger partial charge in [0.2, 0.25) is 6.08 Å². The van der Waals surface area contributed by atoms with Crippen molar-refractivity contribution in [3.63, 3.8) is 0 Å². The molecule has 0 radical (unpaired) electrons. The Morgan fingerprint density at radius 3 is 1.50 bits per heavy atom. The first-order chi connectivity index (χ1) is 5.66. The molecule has 0 saturated heterocycles. The largest absolute Gasteiger partial charge is 0.420 e. The van der Waals surface area contributed by atoms with Crippen molar-refractivity contribution in [1.82, 2.24) is 0 Å². The van der Waals surface area contributed by atoms with E-state index in [-0.39, 0.29) is 0 Å². The quantitative estimate of drug-likeness (QED) is 0.420. The van der Waals surface area contributed by atoms with Gasteiger partial charge in [-0.3, -0.25) is 0 Å². The van der Waals surface area contributed by atoms with Gasteiger partial charge in [0.1, 0.15) is 0 Å². The van der Waals surface area contributed by atoms with Crippen molar-refractivity contribution >= 4 is 14.4 Å². The van der Waals surface area contributed by atoms with Gasteiger partial charge in [-0.2, -0.15) is 0 Å². The summed E-state index contributed by atoms with van der Waals surface area (Å²) < 4.78 is 5.52. The lowest BCUT2D eigenvalue weighted by molar-refractivity contribution is 0.393. The van der Waals surface area contributed by atoms with Crippen LogP contribution in [0.3, 0.4) is 0 Å². The van der Waals surface area contributed by atoms with Crippen LogP contribution in [0.5, 0.6) is 0 Å². The highest BCUT2D eigenvalue weighted by atomic mass is 28.4. The summed E-state index contributed by atoms with van der Waals surface area (Å²) in [5.41, 5.74) is 0. The summed E-state index contributed by atoms with van der Waals surface area (Å²) in [6.45, 7) is 6.72. The molecule has 0 bridgehead atoms. The monoisotopic (exact) mass is 189 g/mol. The van der Waals surface area contributed by atoms with Crippen molar-refractivity contribution in [2.75, 3.05) is 7.11 Å². The highest BCUT2D eigenvalue weighted by Crippen LogP contribution is 2.19. The number of isocyanates is 1. The van der Waals surface area contributed by atoms with Crippen LogP contribution in [-0.4, -0.2) is 21.5 Å². The van der Waals surface area contributed by atoms with Crippen LogP contribution in [0.15, 0.2) is 0 Å². The number of hydrogen-bond acceptors (Lipinski definition) is 3. The van der Waals surface area contributed by atoms with Gasteiger partial charge >= 0.3 is 0 Å². The Kier molecular flexibility index (Phi) is 10.2. The Balaban J connectivity index is 0. The number of hydrogen-bond donors (Lipinski definition) is 1. The lowest BCUT2D eigenvalue weighted by atomic mass is 10.9. The normalized spacial score (nSPS) is 9.67. The van der Waals surface area contributed by atoms with E-state index in [9.17, 15) is 0 Å². The molecule has 0 aromatic heterocycles. The van der Waals surface area contributed by atoms with Crippen LogP contribution in [-0.2, 0) is 9.22 Å². The Labute approximate surface area is 75.8 Å². The van der Waals surface area contributed by atoms with E-state index < -0.39 is 8.32 Å². The van der Waals surface area contributed by atoms with Gasteiger partial charge in [-0.15, -0.1) is 0 Å². The molecule has 0 aliphatic heterocycles. The second-order valence-electron chi connectivity index (χ2n) is 2.55. The highest BCUT2D eigenvalue weighted by molar-refractivity contribution is 6.73. The second-order valence-corrected chi connectivity index (χ2v) is 7.45. The summed E-state index contributed by atoms with van der Waals surface area (Å²) >= 11 is 0. The first-order valence-electron chi connectivity index (χ1n) is 4.25. The summed E-state index contributed by atoms with van der Waals surface area (Å²) in [6.07, 6.45) is 0.750. The van der Waals surface area contributed by atoms with Gasteiger partial charge in [-0.05, 0) is 18.1 Å². The third kappa shape index (κ3) is 5.24. The third-order valence-corrected chi connectivity index (χ3v) is 7.10. The van der Waals surface area contributed by atoms with Gasteiger partial charge in [-0.1, -0.05) is 20.8 Å². The van der Waals surface area contributed by atoms with Crippen molar-refractivity contribution in [3.8, 4) is 0 Å². The van der Waals surface area contributed by atoms with E-state index in [2.05, 4.69) is 20.8 Å². The molecule has 3 nitrogen and oxygen atoms in total. The van der Waals surface area contributed by atoms with Crippen molar-refractivity contribution in [3.05, 3.63) is 0 Å². The maximum Gasteiger partial charge on any atom is 0.231 e. The van der Waals surface area contributed by atoms with Crippen LogP contribution in [0.4, 0.5) is 0 Å². The van der Waals surface area contributed by atoms with E-state index in [0.29, 0.717) is 0 Å². The summed E-state index contributed by atoms with van der Waals surface area (Å²) in [5, 5.41) is 5.40. The van der Waals surface area contributed by atoms with Crippen molar-refractivity contribution in [2.24, 2.45) is 0 Å². The molecule has 72 valence electrons. The van der Waals surface area contributed by atoms with Gasteiger partial charge in [0.25, 0.3) is 0 Å². The molecule has 0 spiro atoms. The summed E-state index contributed by atoms with van der Waals surface area (Å²) in [7, 11) is 0.672. The smallest absolute Gasteiger partial charge is 0.231 e. The van der Waals surface area contributed by atoms with E-state index in [0.717, 1.165) is 6.08 Å². The molecule has 1 N–H and O–H groups in total. The van der Waals surface area contributed by atoms with Gasteiger partial charge in [0.15, 0.2) is 8.32 Å². The summed E-state index contributed by atoms with van der Waals surface area (Å²) in [4.78, 5) is 8.35. The zero-order valence-electron chi connectivity index (χ0n) is 8.44. The van der Waals surface area contributed by atoms with Crippen LogP contribution >= 0.6 is 0 Å². The van der Waals surface area contributed by atoms with Crippen molar-refractivity contribution < 1.29 is 9.22 Å². The van der Waals surface area contributed by atoms with Crippen molar-refractivity contribution in [1.29, 1.82) is 5.41 Å². The summed E-state index contributed by atoms with van der Waals surface area (Å²) in [5.74, 6) is 0. The number of carbonyl (C=O) groups excluding carboxylic acids is 1. The van der Waals surface area contributed by atoms with E-state index in [1.165, 1.54) is 18.1 Å². The lowest BCUT2D eigenvalue weighted by Gasteiger charge is -2.24. The molecule has 0 saturated carbocycles. The minimum Gasteiger partial charge on any atom is -0.420 e. The molecule has 0 unspecified atom stereocenters. The SMILES string of the molecule is CC[Si](CC)(CC)OC.N=C=O. The maximum absolute atomic E-state index is 8.35. The minimum absolute atomic E-state index is 0.750. The first kappa shape index (κ1) is 14.1. The fourth-order valence-electron chi connectivity index (χ4n) is 1.18. The van der Waals surface area contributed by atoms with Gasteiger partial charge in [0.05, 0.1) is 0 Å². The minimum atomic E-state index is -1.19. The zero-order chi connectivity index (χ0) is 10.0. The predicted molar refractivity (Wildman–Crippen MR) is 52.6 cm³/mol. The molecule has 0 aromatic rings. The van der Waals surface area contributed by atoms with Crippen LogP contribution < -0.4 is 0 Å². The second kappa shape index (κ2) is 8.65. The molecule has 0 aliphatic rings. The molecule has 0 aliphatic carbocycles. The molecule has 0 aromatic carbocycles. The average molecular weight is 189 g/mol. The molecule has 0 amide bonds. The first-order valence-corrected chi connectivity index (χ1v) is 6.78. The standard InChI is InChI=1S/C7H18OSi.CHNO/c1-5-9(6-2,7-3)8-4;2-1-3/h5-7H2,1-4H3;2H. The van der Waals surface area contributed by atoms with Gasteiger partial charge < -0.3 is 4.43 Å². The Morgan fingerprint density at radius 2 is 1.50 bits per heavy atom. The van der Waals surface area contributed by atoms with Crippen LogP contribution in [0, 0.1) is 5.41 Å². The van der Waals surface area contributed by atoms with Crippen LogP contribution in [0.2, 0.25) is 18.1 Å². The zero-order valence-corrected chi connectivity index (χ0v) is 9.44. The predicted octanol–water partition coefficient (Wildman–Crippen LogP) is 2.54. The average Bonchev–Trinajstić information content (AvgIpc) is 2.11. The number of nitrogens with one attached hydrogen (secondary N) is 1. The molecule has 4 heteroatoms. The lowest BCUT2D eigenvalue weighted by Crippen LogP contribution is -2.33.